The molecule has 0 unspecified atom stereocenters. The largest absolute Gasteiger partial charge is 0.444 e. The molecule has 0 aliphatic heterocycles. The van der Waals surface area contributed by atoms with Crippen molar-refractivity contribution in [3.8, 4) is 0 Å². The van der Waals surface area contributed by atoms with Crippen LogP contribution in [-0.2, 0) is 45.0 Å². The lowest BCUT2D eigenvalue weighted by molar-refractivity contribution is -0.116. The molecule has 2 aromatic heterocycles. The minimum atomic E-state index is -0.583. The summed E-state index contributed by atoms with van der Waals surface area (Å²) in [5.41, 5.74) is 2.16. The first-order valence-corrected chi connectivity index (χ1v) is 19.6. The van der Waals surface area contributed by atoms with E-state index in [2.05, 4.69) is 41.7 Å². The maximum Gasteiger partial charge on any atom is 0.407 e. The van der Waals surface area contributed by atoms with Crippen LogP contribution in [-0.4, -0.2) is 55.6 Å². The molecule has 0 saturated heterocycles. The SMILES string of the molecule is CC(C)(C)OC(=O)NCc1cccc(CC(=O)Nc2nnc([C@H]3CCC[C@H](c4nnc(NC(=O)Cc5cccc(CNC(=O)OC(C)(C)C)c5)s4)C3)s2)c1. The van der Waals surface area contributed by atoms with E-state index in [1.807, 2.05) is 48.5 Å². The number of hydrogen-bond donors (Lipinski definition) is 4. The maximum atomic E-state index is 12.9. The van der Waals surface area contributed by atoms with Crippen molar-refractivity contribution in [2.75, 3.05) is 10.6 Å². The molecule has 14 nitrogen and oxygen atoms in total. The summed E-state index contributed by atoms with van der Waals surface area (Å²) < 4.78 is 10.6. The molecule has 1 aliphatic carbocycles. The number of nitrogens with zero attached hydrogens (tertiary/aromatic N) is 4. The zero-order chi connectivity index (χ0) is 38.9. The van der Waals surface area contributed by atoms with Crippen LogP contribution < -0.4 is 21.3 Å². The molecule has 1 aliphatic rings. The zero-order valence-corrected chi connectivity index (χ0v) is 33.1. The van der Waals surface area contributed by atoms with E-state index in [1.165, 1.54) is 22.7 Å². The van der Waals surface area contributed by atoms with Crippen molar-refractivity contribution < 1.29 is 28.7 Å². The van der Waals surface area contributed by atoms with Gasteiger partial charge in [0.05, 0.1) is 12.8 Å². The summed E-state index contributed by atoms with van der Waals surface area (Å²) in [5.74, 6) is -0.0780. The number of ether oxygens (including phenoxy) is 2. The Morgan fingerprint density at radius 2 is 1.06 bits per heavy atom. The lowest BCUT2D eigenvalue weighted by atomic mass is 9.82. The molecular weight excluding hydrogens is 729 g/mol. The van der Waals surface area contributed by atoms with Gasteiger partial charge < -0.3 is 30.7 Å². The van der Waals surface area contributed by atoms with Crippen LogP contribution in [0.5, 0.6) is 0 Å². The number of carbonyl (C=O) groups is 4. The summed E-state index contributed by atoms with van der Waals surface area (Å²) in [6.07, 6.45) is 3.02. The average Bonchev–Trinajstić information content (AvgIpc) is 3.75. The van der Waals surface area contributed by atoms with Gasteiger partial charge in [0.25, 0.3) is 0 Å². The van der Waals surface area contributed by atoms with Gasteiger partial charge in [0.2, 0.25) is 22.1 Å². The summed E-state index contributed by atoms with van der Waals surface area (Å²) in [7, 11) is 0. The second kappa shape index (κ2) is 17.9. The average molecular weight is 777 g/mol. The van der Waals surface area contributed by atoms with Gasteiger partial charge in [-0.15, -0.1) is 20.4 Å². The first-order valence-electron chi connectivity index (χ1n) is 17.9. The quantitative estimate of drug-likeness (QED) is 0.114. The van der Waals surface area contributed by atoms with Gasteiger partial charge in [0.1, 0.15) is 21.2 Å². The fraction of sp³-hybridized carbons (Fsp3) is 0.474. The summed E-state index contributed by atoms with van der Waals surface area (Å²) in [5, 5.41) is 31.2. The minimum Gasteiger partial charge on any atom is -0.444 e. The summed E-state index contributed by atoms with van der Waals surface area (Å²) >= 11 is 2.77. The zero-order valence-electron chi connectivity index (χ0n) is 31.5. The van der Waals surface area contributed by atoms with Gasteiger partial charge in [-0.1, -0.05) is 77.6 Å². The molecule has 4 aromatic rings. The number of benzene rings is 2. The summed E-state index contributed by atoms with van der Waals surface area (Å²) in [6, 6.07) is 14.9. The Hall–Kier alpha value is -4.96. The number of aromatic nitrogens is 4. The topological polar surface area (TPSA) is 186 Å². The number of alkyl carbamates (subject to hydrolysis) is 2. The van der Waals surface area contributed by atoms with Crippen LogP contribution in [0.2, 0.25) is 0 Å². The van der Waals surface area contributed by atoms with E-state index >= 15 is 0 Å². The Morgan fingerprint density at radius 1 is 0.648 bits per heavy atom. The highest BCUT2D eigenvalue weighted by atomic mass is 32.1. The number of carbonyl (C=O) groups excluding carboxylic acids is 4. The molecule has 0 radical (unpaired) electrons. The monoisotopic (exact) mass is 776 g/mol. The highest BCUT2D eigenvalue weighted by Gasteiger charge is 2.30. The Labute approximate surface area is 323 Å². The molecule has 1 fully saturated rings. The van der Waals surface area contributed by atoms with Gasteiger partial charge in [-0.05, 0) is 83.1 Å². The first-order chi connectivity index (χ1) is 25.6. The Kier molecular flexibility index (Phi) is 13.3. The third kappa shape index (κ3) is 13.2. The van der Waals surface area contributed by atoms with Crippen molar-refractivity contribution in [3.05, 3.63) is 80.8 Å². The third-order valence-electron chi connectivity index (χ3n) is 8.13. The molecule has 4 amide bonds. The first kappa shape index (κ1) is 40.2. The van der Waals surface area contributed by atoms with Gasteiger partial charge in [0.15, 0.2) is 0 Å². The van der Waals surface area contributed by atoms with E-state index in [1.54, 1.807) is 41.5 Å². The van der Waals surface area contributed by atoms with Crippen molar-refractivity contribution in [2.24, 2.45) is 0 Å². The van der Waals surface area contributed by atoms with Gasteiger partial charge in [-0.25, -0.2) is 9.59 Å². The van der Waals surface area contributed by atoms with Crippen LogP contribution in [0.1, 0.15) is 111 Å². The predicted molar refractivity (Wildman–Crippen MR) is 207 cm³/mol. The number of amides is 4. The summed E-state index contributed by atoms with van der Waals surface area (Å²) in [6.45, 7) is 11.4. The number of anilines is 2. The van der Waals surface area contributed by atoms with E-state index in [4.69, 9.17) is 9.47 Å². The Bertz CT molecular complexity index is 1800. The van der Waals surface area contributed by atoms with E-state index < -0.39 is 23.4 Å². The Balaban J connectivity index is 1.08. The fourth-order valence-corrected chi connectivity index (χ4v) is 7.73. The highest BCUT2D eigenvalue weighted by Crippen LogP contribution is 2.43. The van der Waals surface area contributed by atoms with E-state index in [9.17, 15) is 19.2 Å². The molecule has 5 rings (SSSR count). The minimum absolute atomic E-state index is 0.149. The van der Waals surface area contributed by atoms with E-state index in [0.717, 1.165) is 58.0 Å². The predicted octanol–water partition coefficient (Wildman–Crippen LogP) is 7.24. The molecule has 1 saturated carbocycles. The smallest absolute Gasteiger partial charge is 0.407 e. The van der Waals surface area contributed by atoms with Crippen LogP contribution >= 0.6 is 22.7 Å². The molecule has 2 aromatic carbocycles. The molecule has 288 valence electrons. The van der Waals surface area contributed by atoms with Gasteiger partial charge in [0, 0.05) is 24.9 Å². The van der Waals surface area contributed by atoms with Crippen LogP contribution in [0.15, 0.2) is 48.5 Å². The standard InChI is InChI=1S/C38H48N8O6S2/c1-37(2,3)51-35(49)39-21-25-12-7-10-23(16-25)18-29(47)41-33-45-43-31(53-33)27-14-9-15-28(20-27)32-44-46-34(54-32)42-30(48)19-24-11-8-13-26(17-24)22-40-36(50)52-38(4,5)6/h7-8,10-13,16-17,27-28H,9,14-15,18-22H2,1-6H3,(H,39,49)(H,40,50)(H,41,45,47)(H,42,46,48)/t27-,28-/m0/s1. The van der Waals surface area contributed by atoms with Gasteiger partial charge in [-0.2, -0.15) is 0 Å². The van der Waals surface area contributed by atoms with E-state index in [-0.39, 0.29) is 49.6 Å². The molecule has 16 heteroatoms. The van der Waals surface area contributed by atoms with Crippen LogP contribution in [0.3, 0.4) is 0 Å². The molecule has 2 heterocycles. The van der Waals surface area contributed by atoms with Crippen LogP contribution in [0, 0.1) is 0 Å². The molecule has 0 bridgehead atoms. The van der Waals surface area contributed by atoms with Crippen molar-refractivity contribution in [2.45, 2.75) is 116 Å². The van der Waals surface area contributed by atoms with Gasteiger partial charge >= 0.3 is 12.2 Å². The molecule has 2 atom stereocenters. The van der Waals surface area contributed by atoms with Crippen molar-refractivity contribution in [3.63, 3.8) is 0 Å². The van der Waals surface area contributed by atoms with E-state index in [0.29, 0.717) is 10.3 Å². The Morgan fingerprint density at radius 3 is 1.46 bits per heavy atom. The molecule has 54 heavy (non-hydrogen) atoms. The molecule has 4 N–H and O–H groups in total. The number of hydrogen-bond acceptors (Lipinski definition) is 12. The second-order valence-electron chi connectivity index (χ2n) is 15.3. The van der Waals surface area contributed by atoms with Crippen molar-refractivity contribution in [1.82, 2.24) is 31.0 Å². The highest BCUT2D eigenvalue weighted by molar-refractivity contribution is 7.15. The molecular formula is C38H48N8O6S2. The van der Waals surface area contributed by atoms with Crippen LogP contribution in [0.4, 0.5) is 19.9 Å². The van der Waals surface area contributed by atoms with Crippen molar-refractivity contribution >= 4 is 56.9 Å². The van der Waals surface area contributed by atoms with Crippen LogP contribution in [0.25, 0.3) is 0 Å². The maximum absolute atomic E-state index is 12.9. The number of rotatable bonds is 12. The fourth-order valence-electron chi connectivity index (χ4n) is 5.91. The number of nitrogens with one attached hydrogen (secondary N) is 4. The normalized spacial score (nSPS) is 15.9. The van der Waals surface area contributed by atoms with Gasteiger partial charge in [-0.3, -0.25) is 9.59 Å². The lowest BCUT2D eigenvalue weighted by Gasteiger charge is -2.25. The lowest BCUT2D eigenvalue weighted by Crippen LogP contribution is -2.32. The molecule has 0 spiro atoms. The summed E-state index contributed by atoms with van der Waals surface area (Å²) in [4.78, 5) is 49.8. The second-order valence-corrected chi connectivity index (χ2v) is 17.3. The van der Waals surface area contributed by atoms with Crippen molar-refractivity contribution in [1.29, 1.82) is 0 Å². The third-order valence-corrected chi connectivity index (χ3v) is 10.1.